The van der Waals surface area contributed by atoms with E-state index in [4.69, 9.17) is 4.74 Å². The van der Waals surface area contributed by atoms with E-state index < -0.39 is 0 Å². The maximum Gasteiger partial charge on any atom is 0.224 e. The second kappa shape index (κ2) is 5.87. The van der Waals surface area contributed by atoms with Crippen LogP contribution in [0.25, 0.3) is 0 Å². The lowest BCUT2D eigenvalue weighted by Gasteiger charge is -2.14. The number of benzene rings is 1. The first-order valence-electron chi connectivity index (χ1n) is 6.32. The molecule has 1 amide bonds. The fourth-order valence-corrected chi connectivity index (χ4v) is 2.26. The summed E-state index contributed by atoms with van der Waals surface area (Å²) < 4.78 is 5.16. The number of nitrogens with one attached hydrogen (secondary N) is 2. The number of rotatable bonds is 4. The zero-order valence-electron chi connectivity index (χ0n) is 10.9. The zero-order valence-corrected chi connectivity index (χ0v) is 10.9. The molecule has 0 radical (unpaired) electrons. The maximum absolute atomic E-state index is 12.0. The number of carbonyl (C=O) groups excluding carboxylic acids is 1. The summed E-state index contributed by atoms with van der Waals surface area (Å²) >= 11 is 0. The summed E-state index contributed by atoms with van der Waals surface area (Å²) in [5, 5.41) is 6.23. The molecule has 2 atom stereocenters. The van der Waals surface area contributed by atoms with E-state index in [9.17, 15) is 4.79 Å². The molecular formula is C14H20N2O2. The highest BCUT2D eigenvalue weighted by atomic mass is 16.5. The predicted octanol–water partition coefficient (Wildman–Crippen LogP) is 1.17. The Kier molecular flexibility index (Phi) is 4.20. The normalized spacial score (nSPS) is 22.8. The highest BCUT2D eigenvalue weighted by molar-refractivity contribution is 5.79. The van der Waals surface area contributed by atoms with Gasteiger partial charge in [0.1, 0.15) is 5.75 Å². The van der Waals surface area contributed by atoms with E-state index in [-0.39, 0.29) is 11.8 Å². The molecule has 0 saturated carbocycles. The first-order valence-corrected chi connectivity index (χ1v) is 6.32. The smallest absolute Gasteiger partial charge is 0.224 e. The first kappa shape index (κ1) is 12.9. The van der Waals surface area contributed by atoms with Gasteiger partial charge in [0.15, 0.2) is 0 Å². The van der Waals surface area contributed by atoms with E-state index in [1.165, 1.54) is 0 Å². The number of ether oxygens (including phenoxy) is 1. The highest BCUT2D eigenvalue weighted by Gasteiger charge is 2.29. The molecule has 2 N–H and O–H groups in total. The topological polar surface area (TPSA) is 50.4 Å². The van der Waals surface area contributed by atoms with Gasteiger partial charge in [0.25, 0.3) is 0 Å². The molecule has 1 fully saturated rings. The Bertz CT molecular complexity index is 420. The van der Waals surface area contributed by atoms with Crippen LogP contribution in [-0.2, 0) is 11.3 Å². The maximum atomic E-state index is 12.0. The summed E-state index contributed by atoms with van der Waals surface area (Å²) in [5.41, 5.74) is 1.06. The Morgan fingerprint density at radius 3 is 3.00 bits per heavy atom. The van der Waals surface area contributed by atoms with E-state index in [1.54, 1.807) is 7.11 Å². The third-order valence-electron chi connectivity index (χ3n) is 3.46. The van der Waals surface area contributed by atoms with Gasteiger partial charge in [0.05, 0.1) is 13.0 Å². The van der Waals surface area contributed by atoms with Crippen LogP contribution in [0.5, 0.6) is 5.75 Å². The summed E-state index contributed by atoms with van der Waals surface area (Å²) in [6.45, 7) is 4.37. The largest absolute Gasteiger partial charge is 0.497 e. The minimum absolute atomic E-state index is 0.0932. The molecule has 1 aromatic carbocycles. The molecule has 0 aromatic heterocycles. The van der Waals surface area contributed by atoms with Crippen LogP contribution >= 0.6 is 0 Å². The zero-order chi connectivity index (χ0) is 13.0. The van der Waals surface area contributed by atoms with Crippen LogP contribution in [0.2, 0.25) is 0 Å². The Hall–Kier alpha value is -1.55. The molecule has 0 spiro atoms. The second-order valence-corrected chi connectivity index (χ2v) is 4.81. The first-order chi connectivity index (χ1) is 8.70. The predicted molar refractivity (Wildman–Crippen MR) is 70.4 cm³/mol. The third-order valence-corrected chi connectivity index (χ3v) is 3.46. The van der Waals surface area contributed by atoms with Gasteiger partial charge < -0.3 is 15.4 Å². The highest BCUT2D eigenvalue weighted by Crippen LogP contribution is 2.16. The molecule has 4 heteroatoms. The van der Waals surface area contributed by atoms with Crippen molar-refractivity contribution in [2.24, 2.45) is 11.8 Å². The molecular weight excluding hydrogens is 228 g/mol. The van der Waals surface area contributed by atoms with Crippen LogP contribution in [0.4, 0.5) is 0 Å². The van der Waals surface area contributed by atoms with Crippen molar-refractivity contribution < 1.29 is 9.53 Å². The van der Waals surface area contributed by atoms with Crippen LogP contribution in [0, 0.1) is 11.8 Å². The van der Waals surface area contributed by atoms with Crippen molar-refractivity contribution in [3.63, 3.8) is 0 Å². The van der Waals surface area contributed by atoms with Crippen LogP contribution in [-0.4, -0.2) is 26.1 Å². The van der Waals surface area contributed by atoms with Gasteiger partial charge in [-0.3, -0.25) is 4.79 Å². The second-order valence-electron chi connectivity index (χ2n) is 4.81. The molecule has 1 aliphatic rings. The minimum atomic E-state index is 0.0932. The molecule has 18 heavy (non-hydrogen) atoms. The molecule has 98 valence electrons. The molecule has 4 nitrogen and oxygen atoms in total. The number of carbonyl (C=O) groups is 1. The van der Waals surface area contributed by atoms with Crippen molar-refractivity contribution in [2.75, 3.05) is 20.2 Å². The van der Waals surface area contributed by atoms with Crippen molar-refractivity contribution in [3.05, 3.63) is 29.8 Å². The lowest BCUT2D eigenvalue weighted by atomic mass is 9.97. The lowest BCUT2D eigenvalue weighted by molar-refractivity contribution is -0.125. The Morgan fingerprint density at radius 2 is 2.33 bits per heavy atom. The fourth-order valence-electron chi connectivity index (χ4n) is 2.26. The van der Waals surface area contributed by atoms with Gasteiger partial charge in [-0.05, 0) is 30.2 Å². The van der Waals surface area contributed by atoms with E-state index >= 15 is 0 Å². The Labute approximate surface area is 108 Å². The van der Waals surface area contributed by atoms with Crippen LogP contribution in [0.15, 0.2) is 24.3 Å². The van der Waals surface area contributed by atoms with E-state index in [1.807, 2.05) is 24.3 Å². The molecule has 0 bridgehead atoms. The summed E-state index contributed by atoms with van der Waals surface area (Å²) in [4.78, 5) is 12.0. The quantitative estimate of drug-likeness (QED) is 0.841. The van der Waals surface area contributed by atoms with E-state index in [0.29, 0.717) is 12.5 Å². The van der Waals surface area contributed by atoms with Gasteiger partial charge in [-0.25, -0.2) is 0 Å². The summed E-state index contributed by atoms with van der Waals surface area (Å²) in [6.07, 6.45) is 0. The molecule has 2 rings (SSSR count). The van der Waals surface area contributed by atoms with Gasteiger partial charge >= 0.3 is 0 Å². The van der Waals surface area contributed by atoms with Gasteiger partial charge in [-0.2, -0.15) is 0 Å². The summed E-state index contributed by atoms with van der Waals surface area (Å²) in [6, 6.07) is 7.75. The third kappa shape index (κ3) is 3.01. The Morgan fingerprint density at radius 1 is 1.50 bits per heavy atom. The average molecular weight is 248 g/mol. The van der Waals surface area contributed by atoms with Crippen molar-refractivity contribution in [3.8, 4) is 5.75 Å². The minimum Gasteiger partial charge on any atom is -0.497 e. The monoisotopic (exact) mass is 248 g/mol. The van der Waals surface area contributed by atoms with Crippen LogP contribution in [0.3, 0.4) is 0 Å². The van der Waals surface area contributed by atoms with Gasteiger partial charge in [0.2, 0.25) is 5.91 Å². The van der Waals surface area contributed by atoms with Gasteiger partial charge in [-0.15, -0.1) is 0 Å². The van der Waals surface area contributed by atoms with Crippen molar-refractivity contribution in [2.45, 2.75) is 13.5 Å². The van der Waals surface area contributed by atoms with Crippen molar-refractivity contribution in [1.29, 1.82) is 0 Å². The molecule has 1 aromatic rings. The molecule has 0 aliphatic carbocycles. The Balaban J connectivity index is 1.88. The molecule has 0 unspecified atom stereocenters. The number of methoxy groups -OCH3 is 1. The number of hydrogen-bond donors (Lipinski definition) is 2. The standard InChI is InChI=1S/C14H20N2O2/c1-10-7-15-9-13(10)14(17)16-8-11-4-3-5-12(6-11)18-2/h3-6,10,13,15H,7-9H2,1-2H3,(H,16,17)/t10-,13-/m1/s1. The van der Waals surface area contributed by atoms with Crippen molar-refractivity contribution in [1.82, 2.24) is 10.6 Å². The van der Waals surface area contributed by atoms with Crippen LogP contribution in [0.1, 0.15) is 12.5 Å². The summed E-state index contributed by atoms with van der Waals surface area (Å²) in [5.74, 6) is 1.46. The summed E-state index contributed by atoms with van der Waals surface area (Å²) in [7, 11) is 1.64. The molecule has 1 heterocycles. The van der Waals surface area contributed by atoms with Gasteiger partial charge in [-0.1, -0.05) is 19.1 Å². The van der Waals surface area contributed by atoms with Gasteiger partial charge in [0, 0.05) is 13.1 Å². The number of amides is 1. The molecule has 1 saturated heterocycles. The lowest BCUT2D eigenvalue weighted by Crippen LogP contribution is -2.33. The molecule has 1 aliphatic heterocycles. The van der Waals surface area contributed by atoms with E-state index in [2.05, 4.69) is 17.6 Å². The van der Waals surface area contributed by atoms with Crippen molar-refractivity contribution >= 4 is 5.91 Å². The number of hydrogen-bond acceptors (Lipinski definition) is 3. The van der Waals surface area contributed by atoms with Crippen LogP contribution < -0.4 is 15.4 Å². The van der Waals surface area contributed by atoms with E-state index in [0.717, 1.165) is 24.4 Å². The average Bonchev–Trinajstić information content (AvgIpc) is 2.82. The fraction of sp³-hybridized carbons (Fsp3) is 0.500. The SMILES string of the molecule is COc1cccc(CNC(=O)[C@@H]2CNC[C@H]2C)c1.